The molecule has 0 bridgehead atoms. The number of carbonyl (C=O) groups excluding carboxylic acids is 5. The molecule has 4 rings (SSSR count). The maximum absolute atomic E-state index is 12.9. The smallest absolute Gasteiger partial charge is 0.364 e. The van der Waals surface area contributed by atoms with E-state index >= 15 is 0 Å². The van der Waals surface area contributed by atoms with Crippen LogP contribution in [-0.2, 0) is 61.9 Å². The molecule has 0 radical (unpaired) electrons. The molecule has 27 nitrogen and oxygen atoms in total. The fourth-order valence-corrected chi connectivity index (χ4v) is 7.23. The summed E-state index contributed by atoms with van der Waals surface area (Å²) < 4.78 is 39.7. The summed E-state index contributed by atoms with van der Waals surface area (Å²) in [5.74, 6) is -8.09. The molecular formula is C36H56N4O23. The topological polar surface area (TPSA) is 409 Å². The largest absolute Gasteiger partial charge is 0.477 e. The number of aliphatic carboxylic acids is 1. The van der Waals surface area contributed by atoms with E-state index in [4.69, 9.17) is 33.2 Å². The highest BCUT2D eigenvalue weighted by molar-refractivity contribution is 6.13. The van der Waals surface area contributed by atoms with Crippen molar-refractivity contribution in [3.05, 3.63) is 12.2 Å². The number of carboxylic acid groups (broad SMARTS) is 1. The predicted molar refractivity (Wildman–Crippen MR) is 200 cm³/mol. The SMILES string of the molecule is CC(=O)N[C@H]1[C@@H](OCCOCCNC(=O)CCN2C(=O)C=CC2=O)O[C@H](CO)[C@H](O)[C@@H]1O[C@@H]1O[C@H](CO)[C@H](O)[C@H](O[C@]2(C(=O)O)C[C@H](O)[C@@H](NC(C)=O)[C@H]([C@H](O)[C@H](O)CO)O2)[C@H]1O. The molecule has 3 fully saturated rings. The number of ether oxygens (including phenoxy) is 7. The Kier molecular flexibility index (Phi) is 19.2. The van der Waals surface area contributed by atoms with Crippen molar-refractivity contribution in [3.63, 3.8) is 0 Å². The molecule has 0 aromatic heterocycles. The highest BCUT2D eigenvalue weighted by Gasteiger charge is 2.60. The third kappa shape index (κ3) is 12.9. The third-order valence-corrected chi connectivity index (χ3v) is 10.4. The minimum atomic E-state index is -3.09. The van der Waals surface area contributed by atoms with E-state index in [1.807, 2.05) is 0 Å². The molecule has 4 aliphatic rings. The molecule has 63 heavy (non-hydrogen) atoms. The fourth-order valence-electron chi connectivity index (χ4n) is 7.23. The summed E-state index contributed by atoms with van der Waals surface area (Å²) in [4.78, 5) is 73.5. The zero-order valence-electron chi connectivity index (χ0n) is 34.1. The van der Waals surface area contributed by atoms with Crippen LogP contribution in [0.15, 0.2) is 12.2 Å². The van der Waals surface area contributed by atoms with Crippen LogP contribution in [0.5, 0.6) is 0 Å². The van der Waals surface area contributed by atoms with E-state index in [1.165, 1.54) is 0 Å². The molecule has 3 saturated heterocycles. The molecule has 0 aromatic rings. The standard InChI is InChI=1S/C36H56N4O23/c1-15(44)38-24-17(46)11-36(35(55)56,62-31(24)26(51)18(47)12-41)63-32-28(53)20(14-43)60-34(29(32)54)61-30-25(39-16(2)45)33(59-19(13-42)27(30)52)58-10-9-57-8-6-37-21(48)5-7-40-22(49)3-4-23(40)50/h3-4,17-20,24-34,41-43,46-47,51-54H,5-14H2,1-2H3,(H,37,48)(H,38,44)(H,39,45)(H,55,56)/t17-,18+,19+,20+,24+,25+,26+,27-,28-,29+,30+,31+,32-,33-,34-,36-/m0/s1. The molecule has 27 heteroatoms. The predicted octanol–water partition coefficient (Wildman–Crippen LogP) is -8.61. The number of rotatable bonds is 22. The Labute approximate surface area is 358 Å². The molecule has 0 spiro atoms. The van der Waals surface area contributed by atoms with E-state index in [0.29, 0.717) is 0 Å². The van der Waals surface area contributed by atoms with Gasteiger partial charge >= 0.3 is 5.97 Å². The average molecular weight is 913 g/mol. The lowest BCUT2D eigenvalue weighted by molar-refractivity contribution is -0.381. The van der Waals surface area contributed by atoms with E-state index < -0.39 is 159 Å². The molecular weight excluding hydrogens is 856 g/mol. The maximum atomic E-state index is 12.9. The number of carboxylic acids is 1. The van der Waals surface area contributed by atoms with Crippen LogP contribution < -0.4 is 16.0 Å². The Balaban J connectivity index is 1.46. The molecule has 358 valence electrons. The van der Waals surface area contributed by atoms with Gasteiger partial charge in [0.05, 0.1) is 51.8 Å². The fraction of sp³-hybridized carbons (Fsp3) is 0.778. The number of amides is 5. The molecule has 5 amide bonds. The second-order valence-electron chi connectivity index (χ2n) is 15.0. The molecule has 13 N–H and O–H groups in total. The van der Waals surface area contributed by atoms with Gasteiger partial charge in [-0.3, -0.25) is 28.9 Å². The van der Waals surface area contributed by atoms with Crippen LogP contribution in [0.3, 0.4) is 0 Å². The summed E-state index contributed by atoms with van der Waals surface area (Å²) in [7, 11) is 0. The van der Waals surface area contributed by atoms with E-state index in [2.05, 4.69) is 16.0 Å². The van der Waals surface area contributed by atoms with Crippen molar-refractivity contribution in [3.8, 4) is 0 Å². The highest BCUT2D eigenvalue weighted by Crippen LogP contribution is 2.38. The summed E-state index contributed by atoms with van der Waals surface area (Å²) >= 11 is 0. The summed E-state index contributed by atoms with van der Waals surface area (Å²) in [6.45, 7) is -1.32. The van der Waals surface area contributed by atoms with E-state index in [9.17, 15) is 79.8 Å². The Morgan fingerprint density at radius 1 is 0.841 bits per heavy atom. The Morgan fingerprint density at radius 3 is 2.00 bits per heavy atom. The summed E-state index contributed by atoms with van der Waals surface area (Å²) in [6.07, 6.45) is -23.9. The van der Waals surface area contributed by atoms with Gasteiger partial charge in [0.1, 0.15) is 67.1 Å². The third-order valence-electron chi connectivity index (χ3n) is 10.4. The first kappa shape index (κ1) is 51.8. The van der Waals surface area contributed by atoms with Gasteiger partial charge in [-0.05, 0) is 0 Å². The van der Waals surface area contributed by atoms with Crippen LogP contribution in [-0.4, -0.2) is 242 Å². The molecule has 4 aliphatic heterocycles. The summed E-state index contributed by atoms with van der Waals surface area (Å²) in [5, 5.41) is 113. The highest BCUT2D eigenvalue weighted by atomic mass is 16.8. The van der Waals surface area contributed by atoms with Crippen LogP contribution in [0.2, 0.25) is 0 Å². The first-order valence-corrected chi connectivity index (χ1v) is 19.8. The van der Waals surface area contributed by atoms with Gasteiger partial charge in [0.25, 0.3) is 17.6 Å². The molecule has 0 unspecified atom stereocenters. The normalized spacial score (nSPS) is 35.5. The second-order valence-corrected chi connectivity index (χ2v) is 15.0. The number of aliphatic hydroxyl groups is 9. The molecule has 0 aromatic carbocycles. The zero-order chi connectivity index (χ0) is 46.8. The minimum Gasteiger partial charge on any atom is -0.477 e. The second kappa shape index (κ2) is 23.3. The number of aliphatic hydroxyl groups excluding tert-OH is 9. The van der Waals surface area contributed by atoms with Crippen molar-refractivity contribution >= 4 is 35.5 Å². The van der Waals surface area contributed by atoms with Crippen LogP contribution in [0, 0.1) is 0 Å². The zero-order valence-corrected chi connectivity index (χ0v) is 34.1. The van der Waals surface area contributed by atoms with Crippen LogP contribution in [0.1, 0.15) is 26.7 Å². The van der Waals surface area contributed by atoms with Crippen molar-refractivity contribution in [1.29, 1.82) is 0 Å². The van der Waals surface area contributed by atoms with Gasteiger partial charge in [0.2, 0.25) is 17.7 Å². The molecule has 0 saturated carbocycles. The van der Waals surface area contributed by atoms with E-state index in [1.54, 1.807) is 0 Å². The van der Waals surface area contributed by atoms with Gasteiger partial charge in [-0.1, -0.05) is 0 Å². The Morgan fingerprint density at radius 2 is 1.43 bits per heavy atom. The number of hydrogen-bond donors (Lipinski definition) is 13. The van der Waals surface area contributed by atoms with Crippen molar-refractivity contribution in [2.24, 2.45) is 0 Å². The number of nitrogens with one attached hydrogen (secondary N) is 3. The quantitative estimate of drug-likeness (QED) is 0.0354. The van der Waals surface area contributed by atoms with Gasteiger partial charge in [-0.25, -0.2) is 4.79 Å². The van der Waals surface area contributed by atoms with Crippen molar-refractivity contribution in [2.75, 3.05) is 52.7 Å². The van der Waals surface area contributed by atoms with Gasteiger partial charge in [-0.2, -0.15) is 0 Å². The number of carbonyl (C=O) groups is 6. The summed E-state index contributed by atoms with van der Waals surface area (Å²) in [5.41, 5.74) is 0. The average Bonchev–Trinajstić information content (AvgIpc) is 3.56. The first-order valence-electron chi connectivity index (χ1n) is 19.8. The number of hydrogen-bond acceptors (Lipinski definition) is 22. The molecule has 4 heterocycles. The first-order chi connectivity index (χ1) is 29.8. The Bertz CT molecular complexity index is 1610. The van der Waals surface area contributed by atoms with E-state index in [0.717, 1.165) is 30.9 Å². The van der Waals surface area contributed by atoms with Crippen molar-refractivity contribution in [1.82, 2.24) is 20.9 Å². The van der Waals surface area contributed by atoms with Crippen molar-refractivity contribution < 1.29 is 113 Å². The molecule has 16 atom stereocenters. The van der Waals surface area contributed by atoms with E-state index in [-0.39, 0.29) is 39.3 Å². The summed E-state index contributed by atoms with van der Waals surface area (Å²) in [6, 6.07) is -3.06. The Hall–Kier alpha value is -3.88. The van der Waals surface area contributed by atoms with Crippen molar-refractivity contribution in [2.45, 2.75) is 124 Å². The van der Waals surface area contributed by atoms with Crippen LogP contribution in [0.25, 0.3) is 0 Å². The van der Waals surface area contributed by atoms with Crippen LogP contribution >= 0.6 is 0 Å². The van der Waals surface area contributed by atoms with Crippen LogP contribution in [0.4, 0.5) is 0 Å². The van der Waals surface area contributed by atoms with Gasteiger partial charge in [0, 0.05) is 51.9 Å². The van der Waals surface area contributed by atoms with Gasteiger partial charge < -0.3 is 100 Å². The minimum absolute atomic E-state index is 0.0183. The number of imide groups is 1. The molecule has 0 aliphatic carbocycles. The van der Waals surface area contributed by atoms with Gasteiger partial charge in [0.15, 0.2) is 12.6 Å². The maximum Gasteiger partial charge on any atom is 0.364 e. The number of nitrogens with zero attached hydrogens (tertiary/aromatic N) is 1. The van der Waals surface area contributed by atoms with Gasteiger partial charge in [-0.15, -0.1) is 0 Å². The lowest BCUT2D eigenvalue weighted by Gasteiger charge is -2.51. The lowest BCUT2D eigenvalue weighted by Crippen LogP contribution is -2.71. The lowest BCUT2D eigenvalue weighted by atomic mass is 9.88. The monoisotopic (exact) mass is 912 g/mol.